The van der Waals surface area contributed by atoms with Gasteiger partial charge in [-0.2, -0.15) is 0 Å². The van der Waals surface area contributed by atoms with Crippen molar-refractivity contribution in [1.29, 1.82) is 0 Å². The Kier molecular flexibility index (Phi) is 5.21. The number of hydrogen-bond acceptors (Lipinski definition) is 5. The van der Waals surface area contributed by atoms with Crippen LogP contribution >= 0.6 is 0 Å². The summed E-state index contributed by atoms with van der Waals surface area (Å²) in [5.74, 6) is -3.05. The number of carbonyl (C=O) groups excluding carboxylic acids is 2. The lowest BCUT2D eigenvalue weighted by atomic mass is 9.82. The van der Waals surface area contributed by atoms with E-state index in [0.29, 0.717) is 17.9 Å². The smallest absolute Gasteiger partial charge is 0.337 e. The number of carboxylic acids is 1. The van der Waals surface area contributed by atoms with Crippen molar-refractivity contribution in [1.82, 2.24) is 0 Å². The van der Waals surface area contributed by atoms with Crippen molar-refractivity contribution in [2.75, 3.05) is 12.4 Å². The molecule has 0 unspecified atom stereocenters. The van der Waals surface area contributed by atoms with Crippen molar-refractivity contribution in [2.45, 2.75) is 26.4 Å². The highest BCUT2D eigenvalue weighted by Gasteiger charge is 2.51. The molecule has 0 spiro atoms. The zero-order chi connectivity index (χ0) is 19.7. The van der Waals surface area contributed by atoms with Gasteiger partial charge >= 0.3 is 11.9 Å². The summed E-state index contributed by atoms with van der Waals surface area (Å²) in [7, 11) is 1.28. The third-order valence-corrected chi connectivity index (χ3v) is 5.07. The molecule has 1 aromatic carbocycles. The van der Waals surface area contributed by atoms with Gasteiger partial charge in [-0.25, -0.2) is 4.79 Å². The molecule has 1 amide bonds. The minimum absolute atomic E-state index is 0.0886. The fourth-order valence-electron chi connectivity index (χ4n) is 3.96. The number of esters is 1. The highest BCUT2D eigenvalue weighted by molar-refractivity contribution is 5.99. The van der Waals surface area contributed by atoms with Crippen LogP contribution in [0, 0.1) is 23.7 Å². The summed E-state index contributed by atoms with van der Waals surface area (Å²) < 4.78 is 10.4. The molecule has 2 aliphatic rings. The number of hydrogen-bond donors (Lipinski definition) is 2. The van der Waals surface area contributed by atoms with E-state index in [2.05, 4.69) is 5.32 Å². The number of amides is 1. The van der Waals surface area contributed by atoms with Gasteiger partial charge < -0.3 is 19.9 Å². The number of ether oxygens (including phenoxy) is 2. The van der Waals surface area contributed by atoms with Gasteiger partial charge in [0.15, 0.2) is 0 Å². The zero-order valence-electron chi connectivity index (χ0n) is 15.5. The number of aliphatic carboxylic acids is 1. The molecule has 1 fully saturated rings. The molecule has 0 aromatic heterocycles. The van der Waals surface area contributed by atoms with Crippen LogP contribution in [-0.4, -0.2) is 36.2 Å². The van der Waals surface area contributed by atoms with Crippen LogP contribution < -0.4 is 10.1 Å². The Morgan fingerprint density at radius 1 is 1.15 bits per heavy atom. The number of allylic oxidation sites excluding steroid dienone is 2. The molecule has 3 rings (SSSR count). The molecule has 27 heavy (non-hydrogen) atoms. The van der Waals surface area contributed by atoms with Crippen molar-refractivity contribution in [3.8, 4) is 5.75 Å². The number of rotatable bonds is 6. The summed E-state index contributed by atoms with van der Waals surface area (Å²) in [4.78, 5) is 36.4. The third-order valence-electron chi connectivity index (χ3n) is 5.07. The SMILES string of the molecule is COC(=O)c1ccc(OC(C)C)c(NC(=O)[C@H]2[C@H](C(=O)O)[C@H]3C=C[C@H]2C3)c1. The molecule has 4 atom stereocenters. The summed E-state index contributed by atoms with van der Waals surface area (Å²) >= 11 is 0. The maximum Gasteiger partial charge on any atom is 0.337 e. The van der Waals surface area contributed by atoms with Crippen LogP contribution in [-0.2, 0) is 14.3 Å². The number of carbonyl (C=O) groups is 3. The first-order chi connectivity index (χ1) is 12.8. The van der Waals surface area contributed by atoms with Gasteiger partial charge in [-0.3, -0.25) is 9.59 Å². The van der Waals surface area contributed by atoms with Gasteiger partial charge in [-0.05, 0) is 50.3 Å². The van der Waals surface area contributed by atoms with E-state index in [1.165, 1.54) is 13.2 Å². The van der Waals surface area contributed by atoms with Gasteiger partial charge in [-0.1, -0.05) is 12.2 Å². The van der Waals surface area contributed by atoms with Crippen LogP contribution in [0.5, 0.6) is 5.75 Å². The molecule has 1 saturated carbocycles. The van der Waals surface area contributed by atoms with Gasteiger partial charge in [0.05, 0.1) is 36.3 Å². The second-order valence-electron chi connectivity index (χ2n) is 7.20. The van der Waals surface area contributed by atoms with E-state index < -0.39 is 23.8 Å². The zero-order valence-corrected chi connectivity index (χ0v) is 15.5. The minimum atomic E-state index is -0.964. The first-order valence-electron chi connectivity index (χ1n) is 8.92. The standard InChI is InChI=1S/C20H23NO6/c1-10(2)27-15-7-6-13(20(25)26-3)9-14(15)21-18(22)16-11-4-5-12(8-11)17(16)19(23)24/h4-7,9-12,16-17H,8H2,1-3H3,(H,21,22)(H,23,24)/t11-,12-,16+,17+/m0/s1. The number of fused-ring (bicyclic) bond motifs is 2. The minimum Gasteiger partial charge on any atom is -0.489 e. The van der Waals surface area contributed by atoms with Gasteiger partial charge in [0.2, 0.25) is 5.91 Å². The molecule has 2 aliphatic carbocycles. The molecule has 0 aliphatic heterocycles. The molecule has 7 heteroatoms. The summed E-state index contributed by atoms with van der Waals surface area (Å²) in [5.41, 5.74) is 0.596. The lowest BCUT2D eigenvalue weighted by molar-refractivity contribution is -0.146. The first kappa shape index (κ1) is 18.9. The van der Waals surface area contributed by atoms with Gasteiger partial charge in [0.1, 0.15) is 5.75 Å². The number of anilines is 1. The second kappa shape index (κ2) is 7.42. The largest absolute Gasteiger partial charge is 0.489 e. The fraction of sp³-hybridized carbons (Fsp3) is 0.450. The molecule has 2 N–H and O–H groups in total. The maximum absolute atomic E-state index is 12.9. The van der Waals surface area contributed by atoms with E-state index >= 15 is 0 Å². The van der Waals surface area contributed by atoms with E-state index in [-0.39, 0.29) is 29.4 Å². The Labute approximate surface area is 157 Å². The number of carboxylic acid groups (broad SMARTS) is 1. The fourth-order valence-corrected chi connectivity index (χ4v) is 3.96. The molecule has 0 saturated heterocycles. The van der Waals surface area contributed by atoms with Crippen LogP contribution in [0.25, 0.3) is 0 Å². The van der Waals surface area contributed by atoms with Gasteiger partial charge in [0, 0.05) is 0 Å². The average molecular weight is 373 g/mol. The predicted molar refractivity (Wildman–Crippen MR) is 97.5 cm³/mol. The number of nitrogens with one attached hydrogen (secondary N) is 1. The predicted octanol–water partition coefficient (Wildman–Crippen LogP) is 2.72. The van der Waals surface area contributed by atoms with Crippen molar-refractivity contribution >= 4 is 23.5 Å². The molecule has 0 heterocycles. The van der Waals surface area contributed by atoms with Crippen molar-refractivity contribution in [3.05, 3.63) is 35.9 Å². The van der Waals surface area contributed by atoms with E-state index in [9.17, 15) is 19.5 Å². The molecular formula is C20H23NO6. The quantitative estimate of drug-likeness (QED) is 0.587. The highest BCUT2D eigenvalue weighted by Crippen LogP contribution is 2.48. The molecule has 144 valence electrons. The van der Waals surface area contributed by atoms with Crippen molar-refractivity contribution in [2.24, 2.45) is 23.7 Å². The van der Waals surface area contributed by atoms with E-state index in [1.54, 1.807) is 12.1 Å². The number of methoxy groups -OCH3 is 1. The Bertz CT molecular complexity index is 800. The van der Waals surface area contributed by atoms with Gasteiger partial charge in [0.25, 0.3) is 0 Å². The van der Waals surface area contributed by atoms with Crippen molar-refractivity contribution in [3.63, 3.8) is 0 Å². The maximum atomic E-state index is 12.9. The Morgan fingerprint density at radius 2 is 1.81 bits per heavy atom. The monoisotopic (exact) mass is 373 g/mol. The summed E-state index contributed by atoms with van der Waals surface area (Å²) in [5, 5.41) is 12.3. The molecule has 1 aromatic rings. The lowest BCUT2D eigenvalue weighted by Gasteiger charge is -2.24. The van der Waals surface area contributed by atoms with Gasteiger partial charge in [-0.15, -0.1) is 0 Å². The van der Waals surface area contributed by atoms with Crippen LogP contribution in [0.2, 0.25) is 0 Å². The van der Waals surface area contributed by atoms with Crippen LogP contribution in [0.15, 0.2) is 30.4 Å². The Morgan fingerprint density at radius 3 is 2.41 bits per heavy atom. The first-order valence-corrected chi connectivity index (χ1v) is 8.92. The second-order valence-corrected chi connectivity index (χ2v) is 7.20. The molecular weight excluding hydrogens is 350 g/mol. The van der Waals surface area contributed by atoms with E-state index in [1.807, 2.05) is 26.0 Å². The van der Waals surface area contributed by atoms with Crippen LogP contribution in [0.4, 0.5) is 5.69 Å². The average Bonchev–Trinajstić information content (AvgIpc) is 3.23. The van der Waals surface area contributed by atoms with Crippen LogP contribution in [0.1, 0.15) is 30.6 Å². The summed E-state index contributed by atoms with van der Waals surface area (Å²) in [6.07, 6.45) is 4.34. The topological polar surface area (TPSA) is 102 Å². The normalized spacial score (nSPS) is 25.5. The highest BCUT2D eigenvalue weighted by atomic mass is 16.5. The molecule has 0 radical (unpaired) electrons. The van der Waals surface area contributed by atoms with E-state index in [4.69, 9.17) is 9.47 Å². The number of benzene rings is 1. The lowest BCUT2D eigenvalue weighted by Crippen LogP contribution is -2.36. The summed E-state index contributed by atoms with van der Waals surface area (Å²) in [6.45, 7) is 3.70. The molecule has 7 nitrogen and oxygen atoms in total. The Balaban J connectivity index is 1.88. The van der Waals surface area contributed by atoms with Crippen LogP contribution in [0.3, 0.4) is 0 Å². The Hall–Kier alpha value is -2.83. The molecule has 2 bridgehead atoms. The summed E-state index contributed by atoms with van der Waals surface area (Å²) in [6, 6.07) is 4.64. The van der Waals surface area contributed by atoms with E-state index in [0.717, 1.165) is 0 Å². The third kappa shape index (κ3) is 3.67. The van der Waals surface area contributed by atoms with Crippen molar-refractivity contribution < 1.29 is 29.0 Å².